The first kappa shape index (κ1) is 16.4. The number of hydrogen-bond acceptors (Lipinski definition) is 5. The molecule has 25 heavy (non-hydrogen) atoms. The van der Waals surface area contributed by atoms with E-state index < -0.39 is 0 Å². The first-order valence-electron chi connectivity index (χ1n) is 7.74. The molecule has 1 amide bonds. The second-order valence-electron chi connectivity index (χ2n) is 5.83. The third kappa shape index (κ3) is 2.87. The first-order valence-corrected chi connectivity index (χ1v) is 9.76. The maximum atomic E-state index is 12.8. The van der Waals surface area contributed by atoms with Gasteiger partial charge in [0.1, 0.15) is 5.70 Å². The summed E-state index contributed by atoms with van der Waals surface area (Å²) in [6.45, 7) is 2.05. The van der Waals surface area contributed by atoms with Gasteiger partial charge in [0, 0.05) is 9.69 Å². The highest BCUT2D eigenvalue weighted by atomic mass is 79.9. The van der Waals surface area contributed by atoms with Crippen molar-refractivity contribution in [2.75, 3.05) is 6.26 Å². The number of nitrogens with zero attached hydrogens (tertiary/aromatic N) is 3. The largest absolute Gasteiger partial charge is 0.298 e. The molecule has 0 aromatic heterocycles. The number of nitrogens with one attached hydrogen (secondary N) is 1. The van der Waals surface area contributed by atoms with Gasteiger partial charge in [0.05, 0.1) is 5.36 Å². The molecular weight excluding hydrogens is 400 g/mol. The van der Waals surface area contributed by atoms with E-state index in [0.29, 0.717) is 10.9 Å². The molecule has 126 valence electrons. The Morgan fingerprint density at radius 3 is 2.68 bits per heavy atom. The van der Waals surface area contributed by atoms with Crippen LogP contribution in [0.25, 0.3) is 5.70 Å². The molecule has 0 spiro atoms. The lowest BCUT2D eigenvalue weighted by molar-refractivity contribution is -0.116. The van der Waals surface area contributed by atoms with E-state index in [-0.39, 0.29) is 12.1 Å². The Morgan fingerprint density at radius 1 is 1.20 bits per heavy atom. The lowest BCUT2D eigenvalue weighted by Crippen LogP contribution is -2.50. The van der Waals surface area contributed by atoms with Gasteiger partial charge in [-0.1, -0.05) is 57.5 Å². The van der Waals surface area contributed by atoms with E-state index in [1.807, 2.05) is 55.6 Å². The van der Waals surface area contributed by atoms with Crippen LogP contribution in [-0.4, -0.2) is 22.3 Å². The molecule has 0 fully saturated rings. The van der Waals surface area contributed by atoms with Gasteiger partial charge in [0.15, 0.2) is 11.3 Å². The van der Waals surface area contributed by atoms with Crippen LogP contribution >= 0.6 is 27.7 Å². The zero-order chi connectivity index (χ0) is 17.6. The van der Waals surface area contributed by atoms with Crippen molar-refractivity contribution < 1.29 is 4.79 Å². The number of fused-ring (bicyclic) bond motifs is 2. The fraction of sp³-hybridized carbons (Fsp3) is 0.167. The summed E-state index contributed by atoms with van der Waals surface area (Å²) in [6, 6.07) is 13.9. The van der Waals surface area contributed by atoms with Crippen molar-refractivity contribution in [2.45, 2.75) is 13.1 Å². The highest BCUT2D eigenvalue weighted by Crippen LogP contribution is 2.30. The minimum Gasteiger partial charge on any atom is -0.298 e. The molecular formula is C18H15BrN4OS. The third-order valence-corrected chi connectivity index (χ3v) is 5.20. The van der Waals surface area contributed by atoms with E-state index in [1.165, 1.54) is 17.3 Å². The summed E-state index contributed by atoms with van der Waals surface area (Å²) in [5.74, 6) is -0.161. The van der Waals surface area contributed by atoms with Crippen molar-refractivity contribution >= 4 is 44.5 Å². The maximum absolute atomic E-state index is 12.8. The average Bonchev–Trinajstić information content (AvgIpc) is 2.61. The van der Waals surface area contributed by atoms with Gasteiger partial charge in [-0.2, -0.15) is 0 Å². The molecule has 0 aliphatic carbocycles. The molecule has 0 saturated heterocycles. The Balaban J connectivity index is 1.99. The van der Waals surface area contributed by atoms with Crippen LogP contribution in [0.5, 0.6) is 0 Å². The van der Waals surface area contributed by atoms with Gasteiger partial charge in [0.25, 0.3) is 5.91 Å². The molecule has 2 aliphatic heterocycles. The van der Waals surface area contributed by atoms with Crippen molar-refractivity contribution in [3.63, 3.8) is 0 Å². The fourth-order valence-corrected chi connectivity index (χ4v) is 3.62. The van der Waals surface area contributed by atoms with Crippen LogP contribution in [0.15, 0.2) is 57.0 Å². The van der Waals surface area contributed by atoms with E-state index in [1.54, 1.807) is 5.01 Å². The molecule has 4 rings (SSSR count). The molecule has 2 aromatic carbocycles. The van der Waals surface area contributed by atoms with Crippen LogP contribution in [0, 0.1) is 6.92 Å². The predicted octanol–water partition coefficient (Wildman–Crippen LogP) is 2.26. The summed E-state index contributed by atoms with van der Waals surface area (Å²) < 4.78 is 0.898. The van der Waals surface area contributed by atoms with Crippen LogP contribution in [0.3, 0.4) is 0 Å². The Morgan fingerprint density at radius 2 is 1.96 bits per heavy atom. The first-order chi connectivity index (χ1) is 12.1. The summed E-state index contributed by atoms with van der Waals surface area (Å²) in [4.78, 5) is 17.6. The van der Waals surface area contributed by atoms with Crippen LogP contribution in [0.4, 0.5) is 0 Å². The molecule has 0 unspecified atom stereocenters. The second kappa shape index (κ2) is 6.31. The standard InChI is InChI=1S/C18H15BrN4OS/c1-10-3-5-11(6-4-10)16-20-14-8-7-12(19)9-13(14)15-17(24)21-18(25-2)22-23(15)16/h3-9,16H,1-2H3,(H,21,22,24)/t16-/m1/s1. The third-order valence-electron chi connectivity index (χ3n) is 4.14. The van der Waals surface area contributed by atoms with Crippen LogP contribution in [0.1, 0.15) is 17.3 Å². The van der Waals surface area contributed by atoms with E-state index >= 15 is 0 Å². The summed E-state index contributed by atoms with van der Waals surface area (Å²) in [5.41, 5.74) is 2.70. The van der Waals surface area contributed by atoms with Gasteiger partial charge < -0.3 is 0 Å². The maximum Gasteiger partial charge on any atom is 0.276 e. The summed E-state index contributed by atoms with van der Waals surface area (Å²) in [7, 11) is 0. The number of hydrogen-bond donors (Lipinski definition) is 1. The topological polar surface area (TPSA) is 57.1 Å². The summed E-state index contributed by atoms with van der Waals surface area (Å²) in [5, 5.41) is 11.3. The molecule has 2 aromatic rings. The van der Waals surface area contributed by atoms with E-state index in [0.717, 1.165) is 20.6 Å². The van der Waals surface area contributed by atoms with Crippen LogP contribution in [0.2, 0.25) is 0 Å². The Kier molecular flexibility index (Phi) is 4.13. The molecule has 0 bridgehead atoms. The van der Waals surface area contributed by atoms with Gasteiger partial charge in [-0.15, -0.1) is 5.10 Å². The number of carbonyl (C=O) groups excluding carboxylic acids is 1. The quantitative estimate of drug-likeness (QED) is 0.778. The number of benzene rings is 2. The van der Waals surface area contributed by atoms with E-state index in [2.05, 4.69) is 26.3 Å². The Bertz CT molecular complexity index is 1020. The highest BCUT2D eigenvalue weighted by Gasteiger charge is 2.34. The lowest BCUT2D eigenvalue weighted by atomic mass is 10.1. The Hall–Kier alpha value is -2.12. The zero-order valence-corrected chi connectivity index (χ0v) is 16.1. The van der Waals surface area contributed by atoms with Gasteiger partial charge in [-0.25, -0.2) is 5.01 Å². The van der Waals surface area contributed by atoms with E-state index in [4.69, 9.17) is 4.99 Å². The van der Waals surface area contributed by atoms with Crippen LogP contribution in [-0.2, 0) is 4.79 Å². The average molecular weight is 415 g/mol. The highest BCUT2D eigenvalue weighted by molar-refractivity contribution is 9.10. The zero-order valence-electron chi connectivity index (χ0n) is 13.7. The predicted molar refractivity (Wildman–Crippen MR) is 103 cm³/mol. The second-order valence-corrected chi connectivity index (χ2v) is 7.54. The molecule has 0 radical (unpaired) electrons. The number of hydrazone groups is 1. The normalized spacial score (nSPS) is 18.8. The van der Waals surface area contributed by atoms with Crippen molar-refractivity contribution in [1.82, 2.24) is 10.3 Å². The molecule has 7 heteroatoms. The molecule has 1 N–H and O–H groups in total. The molecule has 2 heterocycles. The number of thioether (sulfide) groups is 1. The molecule has 5 nitrogen and oxygen atoms in total. The van der Waals surface area contributed by atoms with Crippen molar-refractivity contribution in [2.24, 2.45) is 10.1 Å². The van der Waals surface area contributed by atoms with Gasteiger partial charge in [-0.05, 0) is 36.9 Å². The SMILES string of the molecule is CSC1=NN2C(=c3cc(Br)ccc3=N[C@H]2c2ccc(C)cc2)C(=O)N1. The Labute approximate surface area is 157 Å². The number of carbonyl (C=O) groups is 1. The van der Waals surface area contributed by atoms with Gasteiger partial charge in [0.2, 0.25) is 0 Å². The smallest absolute Gasteiger partial charge is 0.276 e. The molecule has 1 atom stereocenters. The number of halogens is 1. The number of rotatable bonds is 1. The summed E-state index contributed by atoms with van der Waals surface area (Å²) >= 11 is 4.88. The molecule has 2 aliphatic rings. The van der Waals surface area contributed by atoms with Crippen molar-refractivity contribution in [3.05, 3.63) is 68.6 Å². The number of aryl methyl sites for hydroxylation is 1. The fourth-order valence-electron chi connectivity index (χ4n) is 2.90. The monoisotopic (exact) mass is 414 g/mol. The summed E-state index contributed by atoms with van der Waals surface area (Å²) in [6.07, 6.45) is 1.52. The minimum atomic E-state index is -0.363. The number of amidine groups is 1. The van der Waals surface area contributed by atoms with Crippen molar-refractivity contribution in [1.29, 1.82) is 0 Å². The van der Waals surface area contributed by atoms with Crippen molar-refractivity contribution in [3.8, 4) is 0 Å². The minimum absolute atomic E-state index is 0.161. The van der Waals surface area contributed by atoms with E-state index in [9.17, 15) is 4.79 Å². The van der Waals surface area contributed by atoms with Gasteiger partial charge in [-0.3, -0.25) is 15.1 Å². The lowest BCUT2D eigenvalue weighted by Gasteiger charge is -2.34. The molecule has 0 saturated carbocycles. The van der Waals surface area contributed by atoms with Gasteiger partial charge >= 0.3 is 0 Å². The number of amides is 1. The van der Waals surface area contributed by atoms with Crippen LogP contribution < -0.4 is 15.9 Å².